The van der Waals surface area contributed by atoms with Crippen LogP contribution in [0, 0.1) is 0 Å². The van der Waals surface area contributed by atoms with Crippen molar-refractivity contribution in [1.82, 2.24) is 0 Å². The van der Waals surface area contributed by atoms with Crippen molar-refractivity contribution < 1.29 is 26.3 Å². The van der Waals surface area contributed by atoms with Crippen LogP contribution < -0.4 is 5.19 Å². The Morgan fingerprint density at radius 2 is 1.38 bits per heavy atom. The van der Waals surface area contributed by atoms with Crippen LogP contribution in [0.2, 0.25) is 26.2 Å². The summed E-state index contributed by atoms with van der Waals surface area (Å²) in [5, 5.41) is 1.01. The molecule has 0 N–H and O–H groups in total. The Kier molecular flexibility index (Phi) is 6.97. The molecule has 0 heterocycles. The molecule has 0 saturated heterocycles. The highest BCUT2D eigenvalue weighted by Crippen LogP contribution is 2.37. The summed E-state index contributed by atoms with van der Waals surface area (Å²) in [5.41, 5.74) is 0. The summed E-state index contributed by atoms with van der Waals surface area (Å²) >= 11 is 0. The normalized spacial score (nSPS) is 14.0. The van der Waals surface area contributed by atoms with Crippen molar-refractivity contribution >= 4 is 38.6 Å². The van der Waals surface area contributed by atoms with Crippen molar-refractivity contribution in [3.63, 3.8) is 0 Å². The Morgan fingerprint density at radius 3 is 1.90 bits per heavy atom. The molecule has 2 atom stereocenters. The molecule has 0 amide bonds. The van der Waals surface area contributed by atoms with E-state index in [0.717, 1.165) is 5.19 Å². The first-order chi connectivity index (χ1) is 9.66. The van der Waals surface area contributed by atoms with Crippen LogP contribution in [-0.4, -0.2) is 24.0 Å². The van der Waals surface area contributed by atoms with Gasteiger partial charge in [0, 0.05) is 9.13 Å². The van der Waals surface area contributed by atoms with Crippen molar-refractivity contribution in [3.8, 4) is 0 Å². The zero-order valence-electron chi connectivity index (χ0n) is 12.7. The lowest BCUT2D eigenvalue weighted by Crippen LogP contribution is -2.43. The lowest BCUT2D eigenvalue weighted by molar-refractivity contribution is 0.310. The molecule has 21 heavy (non-hydrogen) atoms. The highest BCUT2D eigenvalue weighted by molar-refractivity contribution is 7.40. The van der Waals surface area contributed by atoms with E-state index in [0.29, 0.717) is 0 Å². The van der Waals surface area contributed by atoms with E-state index in [9.17, 15) is 9.13 Å². The van der Waals surface area contributed by atoms with Crippen LogP contribution in [0.25, 0.3) is 0 Å². The zero-order valence-corrected chi connectivity index (χ0v) is 16.5. The Morgan fingerprint density at radius 1 is 0.857 bits per heavy atom. The Balaban J connectivity index is 2.67. The molecule has 0 bridgehead atoms. The number of hydrogen-bond donors (Lipinski definition) is 0. The molecule has 0 aliphatic rings. The molecule has 0 spiro atoms. The van der Waals surface area contributed by atoms with Crippen molar-refractivity contribution in [2.24, 2.45) is 0 Å². The van der Waals surface area contributed by atoms with Gasteiger partial charge in [0.2, 0.25) is 0 Å². The van der Waals surface area contributed by atoms with Gasteiger partial charge in [-0.15, -0.1) is 12.9 Å². The maximum atomic E-state index is 12.1. The minimum atomic E-state index is -2.85. The minimum Gasteiger partial charge on any atom is -0.171 e. The number of benzene rings is 1. The molecule has 0 fully saturated rings. The average Bonchev–Trinajstić information content (AvgIpc) is 2.37. The SMILES string of the molecule is CO[P+](=O)O[Si](C)(C)O[P+](=O)O[Si](C)(C)c1ccccc1. The van der Waals surface area contributed by atoms with Crippen LogP contribution in [0.4, 0.5) is 0 Å². The van der Waals surface area contributed by atoms with E-state index in [2.05, 4.69) is 4.52 Å². The summed E-state index contributed by atoms with van der Waals surface area (Å²) in [7, 11) is -8.53. The molecule has 10 heteroatoms. The molecule has 0 radical (unpaired) electrons. The highest BCUT2D eigenvalue weighted by atomic mass is 31.1. The Bertz CT molecular complexity index is 509. The summed E-state index contributed by atoms with van der Waals surface area (Å²) in [6.07, 6.45) is 0. The van der Waals surface area contributed by atoms with Gasteiger partial charge in [-0.3, -0.25) is 0 Å². The van der Waals surface area contributed by atoms with Gasteiger partial charge < -0.3 is 0 Å². The first-order valence-corrected chi connectivity index (χ1v) is 14.2. The fourth-order valence-electron chi connectivity index (χ4n) is 1.51. The fourth-order valence-corrected chi connectivity index (χ4v) is 8.51. The molecule has 0 aromatic heterocycles. The van der Waals surface area contributed by atoms with Gasteiger partial charge in [0.05, 0.1) is 7.11 Å². The molecule has 0 aliphatic heterocycles. The molecule has 1 aromatic rings. The Labute approximate surface area is 129 Å². The number of hydrogen-bond acceptors (Lipinski definition) is 6. The molecule has 1 aromatic carbocycles. The molecular formula is C11H20O6P2Si2+2. The molecule has 6 nitrogen and oxygen atoms in total. The van der Waals surface area contributed by atoms with Gasteiger partial charge in [-0.25, -0.2) is 0 Å². The van der Waals surface area contributed by atoms with Crippen LogP contribution in [0.5, 0.6) is 0 Å². The smallest absolute Gasteiger partial charge is 0.171 e. The molecule has 2 unspecified atom stereocenters. The van der Waals surface area contributed by atoms with Crippen LogP contribution in [0.3, 0.4) is 0 Å². The van der Waals surface area contributed by atoms with Gasteiger partial charge in [-0.05, 0) is 31.4 Å². The minimum absolute atomic E-state index is 1.01. The predicted molar refractivity (Wildman–Crippen MR) is 86.5 cm³/mol. The first kappa shape index (κ1) is 18.7. The lowest BCUT2D eigenvalue weighted by atomic mass is 10.4. The third-order valence-corrected chi connectivity index (χ3v) is 11.7. The van der Waals surface area contributed by atoms with Crippen molar-refractivity contribution in [2.45, 2.75) is 26.2 Å². The second kappa shape index (κ2) is 7.81. The lowest BCUT2D eigenvalue weighted by Gasteiger charge is -2.15. The van der Waals surface area contributed by atoms with E-state index in [4.69, 9.17) is 12.6 Å². The number of rotatable bonds is 8. The van der Waals surface area contributed by atoms with Gasteiger partial charge >= 0.3 is 25.1 Å². The predicted octanol–water partition coefficient (Wildman–Crippen LogP) is 3.81. The summed E-state index contributed by atoms with van der Waals surface area (Å²) in [5.74, 6) is 0. The van der Waals surface area contributed by atoms with E-state index >= 15 is 0 Å². The molecular weight excluding hydrogens is 346 g/mol. The van der Waals surface area contributed by atoms with E-state index in [-0.39, 0.29) is 0 Å². The summed E-state index contributed by atoms with van der Waals surface area (Å²) in [6.45, 7) is 7.13. The quantitative estimate of drug-likeness (QED) is 0.515. The first-order valence-electron chi connectivity index (χ1n) is 6.28. The third-order valence-electron chi connectivity index (χ3n) is 2.51. The van der Waals surface area contributed by atoms with Crippen LogP contribution in [-0.2, 0) is 26.3 Å². The maximum absolute atomic E-state index is 12.1. The monoisotopic (exact) mass is 366 g/mol. The second-order valence-electron chi connectivity index (χ2n) is 5.18. The van der Waals surface area contributed by atoms with E-state index in [1.165, 1.54) is 7.11 Å². The average molecular weight is 366 g/mol. The standard InChI is InChI=1S/C11H20O6P2Si2/c1-14-18(12)16-21(4,5)17-19(13)15-20(2,3)11-9-7-6-8-10-11/h6-10H,1-5H3/q+2. The van der Waals surface area contributed by atoms with Gasteiger partial charge in [-0.2, -0.15) is 4.21 Å². The van der Waals surface area contributed by atoms with Gasteiger partial charge in [-0.1, -0.05) is 30.3 Å². The highest BCUT2D eigenvalue weighted by Gasteiger charge is 2.49. The van der Waals surface area contributed by atoms with Crippen molar-refractivity contribution in [1.29, 1.82) is 0 Å². The van der Waals surface area contributed by atoms with E-state index in [1.807, 2.05) is 43.4 Å². The zero-order chi connectivity index (χ0) is 16.1. The summed E-state index contributed by atoms with van der Waals surface area (Å²) in [6, 6.07) is 9.61. The van der Waals surface area contributed by atoms with Gasteiger partial charge in [0.1, 0.15) is 0 Å². The molecule has 0 saturated carbocycles. The Hall–Kier alpha value is -0.306. The second-order valence-corrected chi connectivity index (χ2v) is 15.0. The van der Waals surface area contributed by atoms with Crippen LogP contribution >= 0.6 is 16.5 Å². The van der Waals surface area contributed by atoms with Crippen LogP contribution in [0.1, 0.15) is 0 Å². The molecule has 1 rings (SSSR count). The third kappa shape index (κ3) is 6.54. The largest absolute Gasteiger partial charge is 0.688 e. The van der Waals surface area contributed by atoms with Crippen LogP contribution in [0.15, 0.2) is 30.3 Å². The van der Waals surface area contributed by atoms with E-state index in [1.54, 1.807) is 13.1 Å². The summed E-state index contributed by atoms with van der Waals surface area (Å²) in [4.78, 5) is 0. The van der Waals surface area contributed by atoms with E-state index < -0.39 is 33.4 Å². The molecule has 116 valence electrons. The maximum Gasteiger partial charge on any atom is 0.688 e. The molecule has 0 aliphatic carbocycles. The topological polar surface area (TPSA) is 71.1 Å². The van der Waals surface area contributed by atoms with Gasteiger partial charge in [0.25, 0.3) is 8.32 Å². The van der Waals surface area contributed by atoms with Gasteiger partial charge in [0.15, 0.2) is 0 Å². The van der Waals surface area contributed by atoms with Crippen molar-refractivity contribution in [2.75, 3.05) is 7.11 Å². The summed E-state index contributed by atoms with van der Waals surface area (Å²) < 4.78 is 44.0. The fraction of sp³-hybridized carbons (Fsp3) is 0.455. The van der Waals surface area contributed by atoms with Crippen molar-refractivity contribution in [3.05, 3.63) is 30.3 Å².